The van der Waals surface area contributed by atoms with Crippen molar-refractivity contribution in [1.82, 2.24) is 34.9 Å². The predicted molar refractivity (Wildman–Crippen MR) is 88.1 cm³/mol. The summed E-state index contributed by atoms with van der Waals surface area (Å²) in [7, 11) is 1.71. The van der Waals surface area contributed by atoms with Gasteiger partial charge in [-0.3, -0.25) is 19.3 Å². The van der Waals surface area contributed by atoms with Gasteiger partial charge in [0.25, 0.3) is 11.8 Å². The van der Waals surface area contributed by atoms with Gasteiger partial charge in [-0.25, -0.2) is 9.97 Å². The Balaban J connectivity index is 1.53. The molecule has 2 fully saturated rings. The van der Waals surface area contributed by atoms with Crippen LogP contribution in [0.2, 0.25) is 0 Å². The third kappa shape index (κ3) is 3.03. The van der Waals surface area contributed by atoms with Gasteiger partial charge in [-0.15, -0.1) is 5.10 Å². The zero-order chi connectivity index (χ0) is 18.1. The third-order valence-corrected chi connectivity index (χ3v) is 4.69. The van der Waals surface area contributed by atoms with E-state index in [1.54, 1.807) is 11.9 Å². The molecule has 0 spiro atoms. The van der Waals surface area contributed by atoms with Crippen LogP contribution in [-0.4, -0.2) is 72.8 Å². The zero-order valence-corrected chi connectivity index (χ0v) is 14.3. The Kier molecular flexibility index (Phi) is 4.33. The van der Waals surface area contributed by atoms with E-state index in [-0.39, 0.29) is 41.5 Å². The first-order valence-corrected chi connectivity index (χ1v) is 8.48. The van der Waals surface area contributed by atoms with Crippen LogP contribution >= 0.6 is 0 Å². The van der Waals surface area contributed by atoms with Gasteiger partial charge in [0.05, 0.1) is 24.4 Å². The molecule has 2 saturated heterocycles. The molecule has 26 heavy (non-hydrogen) atoms. The first kappa shape index (κ1) is 16.6. The molecule has 0 aliphatic carbocycles. The number of amides is 2. The van der Waals surface area contributed by atoms with Gasteiger partial charge >= 0.3 is 0 Å². The molecule has 0 bridgehead atoms. The zero-order valence-electron chi connectivity index (χ0n) is 14.3. The van der Waals surface area contributed by atoms with Crippen LogP contribution in [0.5, 0.6) is 0 Å². The molecule has 2 amide bonds. The maximum atomic E-state index is 12.8. The topological polar surface area (TPSA) is 115 Å². The fraction of sp³-hybridized carbons (Fsp3) is 0.500. The fourth-order valence-electron chi connectivity index (χ4n) is 3.54. The number of carbonyl (C=O) groups excluding carboxylic acids is 2. The second kappa shape index (κ2) is 6.79. The molecule has 0 radical (unpaired) electrons. The van der Waals surface area contributed by atoms with E-state index in [9.17, 15) is 9.59 Å². The van der Waals surface area contributed by atoms with E-state index in [2.05, 4.69) is 25.4 Å². The minimum absolute atomic E-state index is 0.104. The molecular weight excluding hydrogens is 338 g/mol. The number of likely N-dealkylation sites (tertiary alicyclic amines) is 1. The quantitative estimate of drug-likeness (QED) is 0.780. The number of aryl methyl sites for hydroxylation is 1. The molecule has 136 valence electrons. The van der Waals surface area contributed by atoms with Crippen LogP contribution in [0, 0.1) is 0 Å². The summed E-state index contributed by atoms with van der Waals surface area (Å²) in [5.74, 6) is -0.429. The highest BCUT2D eigenvalue weighted by atomic mass is 16.5. The van der Waals surface area contributed by atoms with E-state index in [1.165, 1.54) is 29.6 Å². The Morgan fingerprint density at radius 2 is 2.19 bits per heavy atom. The molecule has 0 unspecified atom stereocenters. The van der Waals surface area contributed by atoms with Crippen LogP contribution in [0.1, 0.15) is 33.9 Å². The minimum atomic E-state index is -0.332. The molecule has 2 aromatic heterocycles. The van der Waals surface area contributed by atoms with Crippen molar-refractivity contribution >= 4 is 11.8 Å². The summed E-state index contributed by atoms with van der Waals surface area (Å²) >= 11 is 0. The monoisotopic (exact) mass is 357 g/mol. The lowest BCUT2D eigenvalue weighted by Crippen LogP contribution is -2.48. The lowest BCUT2D eigenvalue weighted by Gasteiger charge is -2.31. The van der Waals surface area contributed by atoms with Gasteiger partial charge in [-0.1, -0.05) is 0 Å². The second-order valence-electron chi connectivity index (χ2n) is 6.41. The van der Waals surface area contributed by atoms with E-state index in [1.807, 2.05) is 0 Å². The number of ether oxygens (including phenoxy) is 1. The first-order valence-electron chi connectivity index (χ1n) is 8.48. The summed E-state index contributed by atoms with van der Waals surface area (Å²) < 4.78 is 7.37. The number of hydrogen-bond acceptors (Lipinski definition) is 7. The molecule has 4 rings (SSSR count). The largest absolute Gasteiger partial charge is 0.374 e. The molecule has 0 aromatic carbocycles. The molecular formula is C16H19N7O3. The molecule has 1 N–H and O–H groups in total. The Labute approximate surface area is 149 Å². The van der Waals surface area contributed by atoms with Crippen molar-refractivity contribution in [2.45, 2.75) is 31.0 Å². The summed E-state index contributed by atoms with van der Waals surface area (Å²) in [4.78, 5) is 38.9. The van der Waals surface area contributed by atoms with Gasteiger partial charge in [-0.05, 0) is 12.8 Å². The summed E-state index contributed by atoms with van der Waals surface area (Å²) in [6, 6.07) is -0.422. The van der Waals surface area contributed by atoms with Crippen LogP contribution in [0.15, 0.2) is 24.9 Å². The van der Waals surface area contributed by atoms with Gasteiger partial charge in [0.1, 0.15) is 12.0 Å². The van der Waals surface area contributed by atoms with Crippen molar-refractivity contribution in [2.24, 2.45) is 7.05 Å². The summed E-state index contributed by atoms with van der Waals surface area (Å²) in [5, 5.41) is 7.02. The second-order valence-corrected chi connectivity index (χ2v) is 6.41. The van der Waals surface area contributed by atoms with Crippen molar-refractivity contribution in [1.29, 1.82) is 0 Å². The first-order chi connectivity index (χ1) is 12.6. The molecule has 10 heteroatoms. The minimum Gasteiger partial charge on any atom is -0.374 e. The van der Waals surface area contributed by atoms with E-state index in [4.69, 9.17) is 4.74 Å². The van der Waals surface area contributed by atoms with Crippen molar-refractivity contribution in [3.8, 4) is 0 Å². The molecule has 2 aromatic rings. The summed E-state index contributed by atoms with van der Waals surface area (Å²) in [6.07, 6.45) is 7.30. The van der Waals surface area contributed by atoms with Gasteiger partial charge in [0, 0.05) is 32.6 Å². The SMILES string of the molecule is Cn1cnc(C(=O)N2C[C@H](NC(=O)c3cnccn3)[C@@H]3OCCC[C@@H]32)n1. The number of aromatic nitrogens is 5. The van der Waals surface area contributed by atoms with E-state index >= 15 is 0 Å². The molecule has 0 saturated carbocycles. The van der Waals surface area contributed by atoms with Crippen molar-refractivity contribution < 1.29 is 14.3 Å². The average Bonchev–Trinajstić information content (AvgIpc) is 3.26. The third-order valence-electron chi connectivity index (χ3n) is 4.69. The molecule has 10 nitrogen and oxygen atoms in total. The van der Waals surface area contributed by atoms with Crippen LogP contribution < -0.4 is 5.32 Å². The highest BCUT2D eigenvalue weighted by Crippen LogP contribution is 2.30. The molecule has 2 aliphatic rings. The molecule has 4 heterocycles. The number of nitrogens with zero attached hydrogens (tertiary/aromatic N) is 6. The summed E-state index contributed by atoms with van der Waals surface area (Å²) in [6.45, 7) is 0.959. The number of carbonyl (C=O) groups is 2. The number of fused-ring (bicyclic) bond motifs is 1. The number of nitrogens with one attached hydrogen (secondary N) is 1. The Hall–Kier alpha value is -2.88. The highest BCUT2D eigenvalue weighted by Gasteiger charge is 2.47. The predicted octanol–water partition coefficient (Wildman–Crippen LogP) is -0.593. The van der Waals surface area contributed by atoms with Gasteiger partial charge in [0.2, 0.25) is 5.82 Å². The van der Waals surface area contributed by atoms with E-state index in [0.29, 0.717) is 13.2 Å². The smallest absolute Gasteiger partial charge is 0.293 e. The standard InChI is InChI=1S/C16H19N7O3/c1-22-9-19-14(21-22)16(25)23-8-11(13-12(23)3-2-6-26-13)20-15(24)10-7-17-4-5-18-10/h4-5,7,9,11-13H,2-3,6,8H2,1H3,(H,20,24)/t11-,12-,13-/m0/s1. The van der Waals surface area contributed by atoms with Crippen molar-refractivity contribution in [3.63, 3.8) is 0 Å². The van der Waals surface area contributed by atoms with Crippen molar-refractivity contribution in [3.05, 3.63) is 36.4 Å². The molecule has 3 atom stereocenters. The fourth-order valence-corrected chi connectivity index (χ4v) is 3.54. The van der Waals surface area contributed by atoms with E-state index in [0.717, 1.165) is 12.8 Å². The van der Waals surface area contributed by atoms with Crippen LogP contribution in [-0.2, 0) is 11.8 Å². The Morgan fingerprint density at radius 3 is 2.92 bits per heavy atom. The van der Waals surface area contributed by atoms with Crippen LogP contribution in [0.25, 0.3) is 0 Å². The molecule has 2 aliphatic heterocycles. The van der Waals surface area contributed by atoms with Crippen molar-refractivity contribution in [2.75, 3.05) is 13.2 Å². The van der Waals surface area contributed by atoms with Gasteiger partial charge in [-0.2, -0.15) is 0 Å². The Bertz CT molecular complexity index is 809. The number of rotatable bonds is 3. The lowest BCUT2D eigenvalue weighted by molar-refractivity contribution is -0.0176. The summed E-state index contributed by atoms with van der Waals surface area (Å²) in [5.41, 5.74) is 0.232. The van der Waals surface area contributed by atoms with Gasteiger partial charge in [0.15, 0.2) is 0 Å². The number of hydrogen-bond donors (Lipinski definition) is 1. The maximum absolute atomic E-state index is 12.8. The van der Waals surface area contributed by atoms with Gasteiger partial charge < -0.3 is 15.0 Å². The van der Waals surface area contributed by atoms with Crippen LogP contribution in [0.4, 0.5) is 0 Å². The maximum Gasteiger partial charge on any atom is 0.293 e. The van der Waals surface area contributed by atoms with Crippen LogP contribution in [0.3, 0.4) is 0 Å². The Morgan fingerprint density at radius 1 is 1.31 bits per heavy atom. The lowest BCUT2D eigenvalue weighted by atomic mass is 10.0. The van der Waals surface area contributed by atoms with E-state index < -0.39 is 0 Å². The average molecular weight is 357 g/mol. The normalized spacial score (nSPS) is 25.0. The highest BCUT2D eigenvalue weighted by molar-refractivity contribution is 5.93.